The highest BCUT2D eigenvalue weighted by Gasteiger charge is 2.33. The minimum atomic E-state index is -1.56. The van der Waals surface area contributed by atoms with Gasteiger partial charge in [0.15, 0.2) is 5.60 Å². The zero-order valence-corrected chi connectivity index (χ0v) is 8.88. The fourth-order valence-corrected chi connectivity index (χ4v) is 1.08. The molecule has 0 aromatic heterocycles. The molecule has 0 saturated heterocycles. The van der Waals surface area contributed by atoms with Gasteiger partial charge >= 0.3 is 5.97 Å². The highest BCUT2D eigenvalue weighted by molar-refractivity contribution is 5.85. The summed E-state index contributed by atoms with van der Waals surface area (Å²) in [4.78, 5) is 11.2. The van der Waals surface area contributed by atoms with E-state index in [-0.39, 0.29) is 12.4 Å². The number of carbonyl (C=O) groups is 1. The van der Waals surface area contributed by atoms with Crippen molar-refractivity contribution in [1.29, 1.82) is 0 Å². The van der Waals surface area contributed by atoms with Crippen molar-refractivity contribution >= 4 is 18.4 Å². The molecule has 0 bridgehead atoms. The van der Waals surface area contributed by atoms with Crippen LogP contribution in [0.25, 0.3) is 0 Å². The lowest BCUT2D eigenvalue weighted by molar-refractivity contribution is -0.161. The van der Waals surface area contributed by atoms with Gasteiger partial charge < -0.3 is 9.84 Å². The van der Waals surface area contributed by atoms with Crippen LogP contribution in [0, 0.1) is 0 Å². The maximum absolute atomic E-state index is 11.2. The van der Waals surface area contributed by atoms with Crippen molar-refractivity contribution in [2.24, 2.45) is 0 Å². The first-order chi connectivity index (χ1) is 6.09. The van der Waals surface area contributed by atoms with Crippen LogP contribution in [0.3, 0.4) is 0 Å². The van der Waals surface area contributed by atoms with Gasteiger partial charge in [-0.1, -0.05) is 30.3 Å². The molecule has 0 radical (unpaired) electrons. The predicted molar refractivity (Wildman–Crippen MR) is 55.3 cm³/mol. The lowest BCUT2D eigenvalue weighted by Gasteiger charge is -2.20. The molecule has 1 N–H and O–H groups in total. The van der Waals surface area contributed by atoms with Crippen molar-refractivity contribution in [2.45, 2.75) is 12.5 Å². The van der Waals surface area contributed by atoms with E-state index in [1.54, 1.807) is 24.3 Å². The van der Waals surface area contributed by atoms with E-state index in [4.69, 9.17) is 0 Å². The number of rotatable bonds is 2. The van der Waals surface area contributed by atoms with Crippen LogP contribution in [0.4, 0.5) is 0 Å². The zero-order valence-electron chi connectivity index (χ0n) is 8.06. The third kappa shape index (κ3) is 2.47. The number of hydrogen-bond donors (Lipinski definition) is 1. The van der Waals surface area contributed by atoms with E-state index in [9.17, 15) is 9.90 Å². The second-order valence-electron chi connectivity index (χ2n) is 2.93. The van der Waals surface area contributed by atoms with Gasteiger partial charge in [0.2, 0.25) is 0 Å². The van der Waals surface area contributed by atoms with Gasteiger partial charge in [0.25, 0.3) is 0 Å². The van der Waals surface area contributed by atoms with Gasteiger partial charge in [-0.25, -0.2) is 4.79 Å². The summed E-state index contributed by atoms with van der Waals surface area (Å²) in [5.41, 5.74) is -1.03. The van der Waals surface area contributed by atoms with Gasteiger partial charge in [0.05, 0.1) is 7.11 Å². The molecule has 1 unspecified atom stereocenters. The number of esters is 1. The highest BCUT2D eigenvalue weighted by Crippen LogP contribution is 2.21. The molecular formula is C10H13ClO3. The third-order valence-corrected chi connectivity index (χ3v) is 1.92. The number of aliphatic hydroxyl groups is 1. The molecule has 0 aliphatic heterocycles. The Morgan fingerprint density at radius 3 is 2.29 bits per heavy atom. The van der Waals surface area contributed by atoms with E-state index in [2.05, 4.69) is 4.74 Å². The summed E-state index contributed by atoms with van der Waals surface area (Å²) in [7, 11) is 1.25. The Balaban J connectivity index is 0.00000169. The van der Waals surface area contributed by atoms with E-state index in [0.29, 0.717) is 5.56 Å². The third-order valence-electron chi connectivity index (χ3n) is 1.92. The quantitative estimate of drug-likeness (QED) is 0.762. The molecule has 0 aliphatic carbocycles. The van der Waals surface area contributed by atoms with Crippen LogP contribution in [-0.2, 0) is 15.1 Å². The van der Waals surface area contributed by atoms with E-state index >= 15 is 0 Å². The van der Waals surface area contributed by atoms with Gasteiger partial charge in [-0.2, -0.15) is 0 Å². The molecule has 1 rings (SSSR count). The number of halogens is 1. The van der Waals surface area contributed by atoms with Crippen molar-refractivity contribution < 1.29 is 14.6 Å². The number of ether oxygens (including phenoxy) is 1. The topological polar surface area (TPSA) is 46.5 Å². The molecule has 0 saturated carbocycles. The lowest BCUT2D eigenvalue weighted by Crippen LogP contribution is -2.33. The van der Waals surface area contributed by atoms with E-state index in [1.807, 2.05) is 6.07 Å². The molecule has 0 amide bonds. The van der Waals surface area contributed by atoms with Crippen LogP contribution in [0.15, 0.2) is 30.3 Å². The number of benzene rings is 1. The molecule has 1 atom stereocenters. The molecular weight excluding hydrogens is 204 g/mol. The van der Waals surface area contributed by atoms with Crippen molar-refractivity contribution in [3.8, 4) is 0 Å². The monoisotopic (exact) mass is 216 g/mol. The van der Waals surface area contributed by atoms with E-state index in [1.165, 1.54) is 14.0 Å². The SMILES string of the molecule is COC(=O)C(C)(O)c1ccccc1.Cl. The maximum atomic E-state index is 11.2. The van der Waals surface area contributed by atoms with Crippen LogP contribution < -0.4 is 0 Å². The summed E-state index contributed by atoms with van der Waals surface area (Å²) in [6.45, 7) is 1.41. The standard InChI is InChI=1S/C10H12O3.ClH/c1-10(12,9(11)13-2)8-6-4-3-5-7-8;/h3-7,12H,1-2H3;1H. The number of carbonyl (C=O) groups excluding carboxylic acids is 1. The largest absolute Gasteiger partial charge is 0.467 e. The summed E-state index contributed by atoms with van der Waals surface area (Å²) >= 11 is 0. The molecule has 0 spiro atoms. The second-order valence-corrected chi connectivity index (χ2v) is 2.93. The van der Waals surface area contributed by atoms with Gasteiger partial charge in [-0.3, -0.25) is 0 Å². The molecule has 78 valence electrons. The Morgan fingerprint density at radius 1 is 1.36 bits per heavy atom. The van der Waals surface area contributed by atoms with Gasteiger partial charge in [-0.05, 0) is 12.5 Å². The molecule has 0 aliphatic rings. The Hall–Kier alpha value is -1.06. The fourth-order valence-electron chi connectivity index (χ4n) is 1.08. The lowest BCUT2D eigenvalue weighted by atomic mass is 9.96. The first-order valence-corrected chi connectivity index (χ1v) is 3.95. The summed E-state index contributed by atoms with van der Waals surface area (Å²) in [5.74, 6) is -0.654. The summed E-state index contributed by atoms with van der Waals surface area (Å²) in [6, 6.07) is 8.68. The number of hydrogen-bond acceptors (Lipinski definition) is 3. The summed E-state index contributed by atoms with van der Waals surface area (Å²) in [5, 5.41) is 9.78. The summed E-state index contributed by atoms with van der Waals surface area (Å²) < 4.78 is 4.48. The Kier molecular flexibility index (Phi) is 4.60. The average molecular weight is 217 g/mol. The Labute approximate surface area is 89.1 Å². The maximum Gasteiger partial charge on any atom is 0.342 e. The normalized spacial score (nSPS) is 13.6. The molecule has 1 aromatic rings. The average Bonchev–Trinajstić information content (AvgIpc) is 2.18. The molecule has 14 heavy (non-hydrogen) atoms. The molecule has 1 aromatic carbocycles. The van der Waals surface area contributed by atoms with Crippen LogP contribution in [0.5, 0.6) is 0 Å². The van der Waals surface area contributed by atoms with Crippen LogP contribution in [0.2, 0.25) is 0 Å². The minimum Gasteiger partial charge on any atom is -0.467 e. The van der Waals surface area contributed by atoms with Crippen molar-refractivity contribution in [1.82, 2.24) is 0 Å². The van der Waals surface area contributed by atoms with Gasteiger partial charge in [0, 0.05) is 0 Å². The van der Waals surface area contributed by atoms with E-state index in [0.717, 1.165) is 0 Å². The zero-order chi connectivity index (χ0) is 9.90. The molecule has 4 heteroatoms. The summed E-state index contributed by atoms with van der Waals surface area (Å²) in [6.07, 6.45) is 0. The smallest absolute Gasteiger partial charge is 0.342 e. The van der Waals surface area contributed by atoms with Crippen molar-refractivity contribution in [2.75, 3.05) is 7.11 Å². The van der Waals surface area contributed by atoms with Crippen LogP contribution >= 0.6 is 12.4 Å². The Morgan fingerprint density at radius 2 is 1.86 bits per heavy atom. The van der Waals surface area contributed by atoms with Gasteiger partial charge in [0.1, 0.15) is 0 Å². The number of methoxy groups -OCH3 is 1. The second kappa shape index (κ2) is 4.98. The van der Waals surface area contributed by atoms with Gasteiger partial charge in [-0.15, -0.1) is 12.4 Å². The molecule has 0 fully saturated rings. The van der Waals surface area contributed by atoms with Crippen molar-refractivity contribution in [3.05, 3.63) is 35.9 Å². The molecule has 3 nitrogen and oxygen atoms in total. The Bertz CT molecular complexity index is 295. The predicted octanol–water partition coefficient (Wildman–Crippen LogP) is 1.49. The fraction of sp³-hybridized carbons (Fsp3) is 0.300. The van der Waals surface area contributed by atoms with E-state index < -0.39 is 11.6 Å². The van der Waals surface area contributed by atoms with Crippen molar-refractivity contribution in [3.63, 3.8) is 0 Å². The first kappa shape index (κ1) is 12.9. The van der Waals surface area contributed by atoms with Crippen LogP contribution in [0.1, 0.15) is 12.5 Å². The first-order valence-electron chi connectivity index (χ1n) is 3.95. The molecule has 0 heterocycles. The highest BCUT2D eigenvalue weighted by atomic mass is 35.5. The minimum absolute atomic E-state index is 0. The van der Waals surface area contributed by atoms with Crippen LogP contribution in [-0.4, -0.2) is 18.2 Å².